The van der Waals surface area contributed by atoms with Crippen molar-refractivity contribution in [3.8, 4) is 0 Å². The van der Waals surface area contributed by atoms with Crippen LogP contribution >= 0.6 is 22.9 Å². The molecule has 1 aliphatic carbocycles. The highest BCUT2D eigenvalue weighted by atomic mass is 35.5. The van der Waals surface area contributed by atoms with Crippen LogP contribution in [0.25, 0.3) is 0 Å². The molecule has 0 amide bonds. The van der Waals surface area contributed by atoms with E-state index in [1.54, 1.807) is 11.3 Å². The summed E-state index contributed by atoms with van der Waals surface area (Å²) in [6.45, 7) is 6.89. The number of nitrogens with one attached hydrogen (secondary N) is 1. The Labute approximate surface area is 118 Å². The number of thiophene rings is 1. The van der Waals surface area contributed by atoms with E-state index in [9.17, 15) is 5.11 Å². The van der Waals surface area contributed by atoms with E-state index >= 15 is 0 Å². The predicted molar refractivity (Wildman–Crippen MR) is 78.5 cm³/mol. The third-order valence-electron chi connectivity index (χ3n) is 3.71. The molecule has 2 atom stereocenters. The van der Waals surface area contributed by atoms with E-state index in [0.29, 0.717) is 12.1 Å². The van der Waals surface area contributed by atoms with Crippen LogP contribution in [0.1, 0.15) is 50.1 Å². The lowest BCUT2D eigenvalue weighted by Gasteiger charge is -2.34. The van der Waals surface area contributed by atoms with Gasteiger partial charge in [0.1, 0.15) is 0 Å². The molecule has 0 radical (unpaired) electrons. The maximum Gasteiger partial charge on any atom is 0.0934 e. The van der Waals surface area contributed by atoms with Crippen LogP contribution in [0.15, 0.2) is 6.07 Å². The topological polar surface area (TPSA) is 32.3 Å². The highest BCUT2D eigenvalue weighted by Gasteiger charge is 2.31. The summed E-state index contributed by atoms with van der Waals surface area (Å²) in [5.74, 6) is 0. The predicted octanol–water partition coefficient (Wildman–Crippen LogP) is 3.78. The van der Waals surface area contributed by atoms with E-state index in [1.165, 1.54) is 10.4 Å². The first-order valence-electron chi connectivity index (χ1n) is 6.57. The van der Waals surface area contributed by atoms with Crippen molar-refractivity contribution in [1.82, 2.24) is 5.32 Å². The molecule has 0 bridgehead atoms. The lowest BCUT2D eigenvalue weighted by molar-refractivity contribution is 0.185. The molecule has 2 rings (SSSR count). The van der Waals surface area contributed by atoms with Crippen molar-refractivity contribution in [2.75, 3.05) is 6.61 Å². The van der Waals surface area contributed by atoms with Crippen molar-refractivity contribution < 1.29 is 5.11 Å². The molecule has 102 valence electrons. The van der Waals surface area contributed by atoms with Crippen molar-refractivity contribution in [2.24, 2.45) is 5.41 Å². The van der Waals surface area contributed by atoms with E-state index in [1.807, 2.05) is 0 Å². The molecule has 18 heavy (non-hydrogen) atoms. The van der Waals surface area contributed by atoms with Crippen LogP contribution in [0.3, 0.4) is 0 Å². The third kappa shape index (κ3) is 3.08. The van der Waals surface area contributed by atoms with Gasteiger partial charge in [0, 0.05) is 23.6 Å². The van der Waals surface area contributed by atoms with Crippen LogP contribution in [-0.4, -0.2) is 17.8 Å². The highest BCUT2D eigenvalue weighted by Crippen LogP contribution is 2.40. The number of aliphatic hydroxyl groups is 1. The highest BCUT2D eigenvalue weighted by molar-refractivity contribution is 7.16. The number of hydrogen-bond donors (Lipinski definition) is 2. The summed E-state index contributed by atoms with van der Waals surface area (Å²) >= 11 is 7.79. The van der Waals surface area contributed by atoms with Crippen LogP contribution in [-0.2, 0) is 6.42 Å². The Hall–Kier alpha value is -0.0900. The Morgan fingerprint density at radius 2 is 2.28 bits per heavy atom. The molecule has 0 spiro atoms. The zero-order chi connectivity index (χ0) is 13.3. The molecule has 4 heteroatoms. The molecule has 2 nitrogen and oxygen atoms in total. The van der Waals surface area contributed by atoms with Gasteiger partial charge in [-0.2, -0.15) is 0 Å². The molecule has 0 aliphatic heterocycles. The first-order chi connectivity index (χ1) is 8.41. The van der Waals surface area contributed by atoms with Gasteiger partial charge >= 0.3 is 0 Å². The van der Waals surface area contributed by atoms with Crippen molar-refractivity contribution in [3.63, 3.8) is 0 Å². The maximum absolute atomic E-state index is 9.21. The fourth-order valence-electron chi connectivity index (χ4n) is 2.64. The molecular formula is C14H22ClNOS. The van der Waals surface area contributed by atoms with E-state index in [2.05, 4.69) is 32.2 Å². The number of aliphatic hydroxyl groups excluding tert-OH is 1. The third-order valence-corrected chi connectivity index (χ3v) is 5.05. The van der Waals surface area contributed by atoms with Gasteiger partial charge < -0.3 is 10.4 Å². The summed E-state index contributed by atoms with van der Waals surface area (Å²) in [6.07, 6.45) is 3.07. The van der Waals surface area contributed by atoms with Crippen molar-refractivity contribution in [3.05, 3.63) is 20.8 Å². The van der Waals surface area contributed by atoms with Gasteiger partial charge in [0.25, 0.3) is 0 Å². The minimum Gasteiger partial charge on any atom is -0.396 e. The second kappa shape index (κ2) is 5.49. The van der Waals surface area contributed by atoms with Gasteiger partial charge in [-0.25, -0.2) is 0 Å². The number of fused-ring (bicyclic) bond motifs is 1. The van der Waals surface area contributed by atoms with Crippen LogP contribution in [0.4, 0.5) is 0 Å². The molecule has 2 unspecified atom stereocenters. The van der Waals surface area contributed by atoms with Gasteiger partial charge in [0.2, 0.25) is 0 Å². The molecular weight excluding hydrogens is 266 g/mol. The maximum atomic E-state index is 9.21. The quantitative estimate of drug-likeness (QED) is 0.883. The zero-order valence-electron chi connectivity index (χ0n) is 11.3. The van der Waals surface area contributed by atoms with E-state index < -0.39 is 0 Å². The minimum atomic E-state index is 0.158. The van der Waals surface area contributed by atoms with Gasteiger partial charge in [-0.15, -0.1) is 11.3 Å². The molecule has 1 aromatic rings. The fraction of sp³-hybridized carbons (Fsp3) is 0.714. The average molecular weight is 288 g/mol. The normalized spacial score (nSPS) is 21.1. The number of hydrogen-bond acceptors (Lipinski definition) is 3. The van der Waals surface area contributed by atoms with Crippen LogP contribution in [0.5, 0.6) is 0 Å². The Morgan fingerprint density at radius 3 is 2.89 bits per heavy atom. The van der Waals surface area contributed by atoms with Gasteiger partial charge in [0.05, 0.1) is 4.34 Å². The summed E-state index contributed by atoms with van der Waals surface area (Å²) in [5.41, 5.74) is 1.53. The number of rotatable bonds is 4. The molecule has 0 saturated heterocycles. The summed E-state index contributed by atoms with van der Waals surface area (Å²) in [4.78, 5) is 1.43. The van der Waals surface area contributed by atoms with Gasteiger partial charge in [-0.1, -0.05) is 32.4 Å². The monoisotopic (exact) mass is 287 g/mol. The molecule has 0 aromatic carbocycles. The SMILES string of the molecule is CC(C)(C)C(CCO)NC1CCc2sc(Cl)cc21. The molecule has 1 aliphatic rings. The van der Waals surface area contributed by atoms with Gasteiger partial charge in [-0.3, -0.25) is 0 Å². The Balaban J connectivity index is 2.09. The van der Waals surface area contributed by atoms with Crippen LogP contribution < -0.4 is 5.32 Å². The van der Waals surface area contributed by atoms with Crippen LogP contribution in [0.2, 0.25) is 4.34 Å². The Bertz CT molecular complexity index is 410. The van der Waals surface area contributed by atoms with E-state index in [4.69, 9.17) is 11.6 Å². The summed E-state index contributed by atoms with van der Waals surface area (Å²) in [7, 11) is 0. The van der Waals surface area contributed by atoms with Crippen molar-refractivity contribution >= 4 is 22.9 Å². The van der Waals surface area contributed by atoms with Crippen molar-refractivity contribution in [1.29, 1.82) is 0 Å². The minimum absolute atomic E-state index is 0.158. The lowest BCUT2D eigenvalue weighted by Crippen LogP contribution is -2.42. The Kier molecular flexibility index (Phi) is 4.37. The molecule has 1 heterocycles. The first kappa shape index (κ1) is 14.3. The average Bonchev–Trinajstić information content (AvgIpc) is 2.77. The van der Waals surface area contributed by atoms with E-state index in [-0.39, 0.29) is 12.0 Å². The van der Waals surface area contributed by atoms with Crippen LogP contribution in [0, 0.1) is 5.41 Å². The summed E-state index contributed by atoms with van der Waals surface area (Å²) in [6, 6.07) is 2.84. The lowest BCUT2D eigenvalue weighted by atomic mass is 9.84. The second-order valence-corrected chi connectivity index (χ2v) is 7.89. The summed E-state index contributed by atoms with van der Waals surface area (Å²) < 4.78 is 0.890. The van der Waals surface area contributed by atoms with Gasteiger partial charge in [-0.05, 0) is 36.3 Å². The second-order valence-electron chi connectivity index (χ2n) is 6.12. The zero-order valence-corrected chi connectivity index (χ0v) is 12.9. The smallest absolute Gasteiger partial charge is 0.0934 e. The molecule has 1 aromatic heterocycles. The van der Waals surface area contributed by atoms with E-state index in [0.717, 1.165) is 23.6 Å². The number of aryl methyl sites for hydroxylation is 1. The number of halogens is 1. The summed E-state index contributed by atoms with van der Waals surface area (Å²) in [5, 5.41) is 12.9. The standard InChI is InChI=1S/C14H22ClNOS/c1-14(2,3)12(6-7-17)16-10-4-5-11-9(10)8-13(15)18-11/h8,10,12,16-17H,4-7H2,1-3H3. The van der Waals surface area contributed by atoms with Gasteiger partial charge in [0.15, 0.2) is 0 Å². The molecule has 0 fully saturated rings. The fourth-order valence-corrected chi connectivity index (χ4v) is 4.00. The molecule has 2 N–H and O–H groups in total. The molecule has 0 saturated carbocycles. The first-order valence-corrected chi connectivity index (χ1v) is 7.76. The Morgan fingerprint density at radius 1 is 1.56 bits per heavy atom. The van der Waals surface area contributed by atoms with Crippen molar-refractivity contribution in [2.45, 2.75) is 52.1 Å². The largest absolute Gasteiger partial charge is 0.396 e.